The molecule has 0 saturated carbocycles. The Morgan fingerprint density at radius 2 is 1.50 bits per heavy atom. The van der Waals surface area contributed by atoms with Crippen LogP contribution in [0.1, 0.15) is 42.0 Å². The van der Waals surface area contributed by atoms with Gasteiger partial charge in [-0.15, -0.1) is 0 Å². The highest BCUT2D eigenvalue weighted by Gasteiger charge is 2.31. The molecule has 0 spiro atoms. The third kappa shape index (κ3) is 7.91. The van der Waals surface area contributed by atoms with Crippen LogP contribution in [0.2, 0.25) is 0 Å². The largest absolute Gasteiger partial charge is 0.755 e. The minimum absolute atomic E-state index is 0.108. The molecule has 4 aromatic rings. The third-order valence-corrected chi connectivity index (χ3v) is 8.79. The van der Waals surface area contributed by atoms with Crippen LogP contribution in [-0.2, 0) is 33.8 Å². The van der Waals surface area contributed by atoms with E-state index in [1.165, 1.54) is 4.31 Å². The minimum atomic E-state index is -2.68. The third-order valence-electron chi connectivity index (χ3n) is 8.01. The first-order chi connectivity index (χ1) is 21.3. The van der Waals surface area contributed by atoms with Gasteiger partial charge in [0, 0.05) is 43.0 Å². The fourth-order valence-corrected chi connectivity index (χ4v) is 6.55. The number of nitrogens with zero attached hydrogens (tertiary/aromatic N) is 3. The number of rotatable bonds is 12. The van der Waals surface area contributed by atoms with Crippen LogP contribution in [0.25, 0.3) is 10.8 Å². The molecule has 1 aliphatic rings. The highest BCUT2D eigenvalue weighted by molar-refractivity contribution is 7.80. The van der Waals surface area contributed by atoms with Crippen LogP contribution >= 0.6 is 0 Å². The van der Waals surface area contributed by atoms with Crippen molar-refractivity contribution in [3.8, 4) is 0 Å². The van der Waals surface area contributed by atoms with Gasteiger partial charge in [-0.05, 0) is 66.5 Å². The van der Waals surface area contributed by atoms with Crippen molar-refractivity contribution < 1.29 is 18.4 Å². The molecule has 1 N–H and O–H groups in total. The van der Waals surface area contributed by atoms with Gasteiger partial charge in [-0.3, -0.25) is 18.1 Å². The summed E-state index contributed by atoms with van der Waals surface area (Å²) < 4.78 is 26.9. The molecular weight excluding hydrogens is 572 g/mol. The summed E-state index contributed by atoms with van der Waals surface area (Å²) in [6, 6.07) is 28.8. The first kappa shape index (κ1) is 31.4. The van der Waals surface area contributed by atoms with Crippen molar-refractivity contribution in [2.24, 2.45) is 0 Å². The maximum atomic E-state index is 13.8. The van der Waals surface area contributed by atoms with Gasteiger partial charge < -0.3 is 19.7 Å². The number of benzene rings is 4. The van der Waals surface area contributed by atoms with E-state index < -0.39 is 29.3 Å². The second-order valence-electron chi connectivity index (χ2n) is 11.6. The van der Waals surface area contributed by atoms with Gasteiger partial charge in [0.2, 0.25) is 11.8 Å². The van der Waals surface area contributed by atoms with Crippen molar-refractivity contribution in [1.82, 2.24) is 15.1 Å². The topological polar surface area (TPSA) is 96.0 Å². The van der Waals surface area contributed by atoms with E-state index in [0.717, 1.165) is 41.3 Å². The Kier molecular flexibility index (Phi) is 10.4. The zero-order valence-electron chi connectivity index (χ0n) is 25.2. The Labute approximate surface area is 262 Å². The van der Waals surface area contributed by atoms with Crippen LogP contribution in [0.4, 0.5) is 5.69 Å². The molecule has 44 heavy (non-hydrogen) atoms. The van der Waals surface area contributed by atoms with Gasteiger partial charge in [0.05, 0.1) is 12.5 Å². The Morgan fingerprint density at radius 1 is 0.864 bits per heavy atom. The Morgan fingerprint density at radius 3 is 2.16 bits per heavy atom. The second kappa shape index (κ2) is 14.6. The molecule has 230 valence electrons. The van der Waals surface area contributed by atoms with E-state index >= 15 is 0 Å². The summed E-state index contributed by atoms with van der Waals surface area (Å²) in [5, 5.41) is 4.88. The van der Waals surface area contributed by atoms with Crippen LogP contribution in [0.3, 0.4) is 0 Å². The van der Waals surface area contributed by atoms with Gasteiger partial charge in [0.1, 0.15) is 6.04 Å². The van der Waals surface area contributed by atoms with Crippen LogP contribution in [-0.4, -0.2) is 63.6 Å². The molecule has 4 aromatic carbocycles. The smallest absolute Gasteiger partial charge is 0.245 e. The number of nitrogens with one attached hydrogen (secondary N) is 1. The fraction of sp³-hybridized carbons (Fsp3) is 0.314. The molecule has 0 aliphatic carbocycles. The van der Waals surface area contributed by atoms with E-state index in [4.69, 9.17) is 0 Å². The average molecular weight is 612 g/mol. The predicted octanol–water partition coefficient (Wildman–Crippen LogP) is 4.98. The molecule has 0 aromatic heterocycles. The highest BCUT2D eigenvalue weighted by Crippen LogP contribution is 2.33. The molecule has 0 radical (unpaired) electrons. The first-order valence-electron chi connectivity index (χ1n) is 15.0. The lowest BCUT2D eigenvalue weighted by atomic mass is 10.00. The van der Waals surface area contributed by atoms with Gasteiger partial charge >= 0.3 is 0 Å². The van der Waals surface area contributed by atoms with Crippen molar-refractivity contribution in [2.45, 2.75) is 44.3 Å². The molecule has 3 unspecified atom stereocenters. The minimum Gasteiger partial charge on any atom is -0.755 e. The van der Waals surface area contributed by atoms with Gasteiger partial charge in [-0.25, -0.2) is 0 Å². The number of carbonyl (C=O) groups is 2. The lowest BCUT2D eigenvalue weighted by molar-refractivity contribution is -0.135. The lowest BCUT2D eigenvalue weighted by Crippen LogP contribution is -2.49. The van der Waals surface area contributed by atoms with Gasteiger partial charge in [-0.2, -0.15) is 0 Å². The summed E-state index contributed by atoms with van der Waals surface area (Å²) in [7, 11) is 4.03. The van der Waals surface area contributed by atoms with Gasteiger partial charge in [0.25, 0.3) is 0 Å². The van der Waals surface area contributed by atoms with E-state index in [-0.39, 0.29) is 12.3 Å². The molecule has 0 bridgehead atoms. The summed E-state index contributed by atoms with van der Waals surface area (Å²) >= 11 is -2.68. The number of likely N-dealkylation sites (tertiary alicyclic amines) is 1. The number of carbonyl (C=O) groups excluding carboxylic acids is 2. The zero-order valence-corrected chi connectivity index (χ0v) is 26.0. The number of anilines is 1. The predicted molar refractivity (Wildman–Crippen MR) is 174 cm³/mol. The maximum Gasteiger partial charge on any atom is 0.245 e. The van der Waals surface area contributed by atoms with Crippen molar-refractivity contribution in [2.75, 3.05) is 31.5 Å². The molecule has 1 fully saturated rings. The SMILES string of the molecule is CN(C)Cc1ccc(CC(NC(=O)CC(c2ccccc2)N(c2ccc3ccccc3c2)S(=O)[O-])C(=O)N2CCCC2)cc1. The molecule has 8 nitrogen and oxygen atoms in total. The molecule has 3 atom stereocenters. The van der Waals surface area contributed by atoms with E-state index in [1.807, 2.05) is 110 Å². The van der Waals surface area contributed by atoms with Crippen LogP contribution in [0.5, 0.6) is 0 Å². The molecule has 2 amide bonds. The summed E-state index contributed by atoms with van der Waals surface area (Å²) in [5.74, 6) is -0.500. The van der Waals surface area contributed by atoms with Crippen LogP contribution < -0.4 is 9.62 Å². The Bertz CT molecular complexity index is 1590. The highest BCUT2D eigenvalue weighted by atomic mass is 32.2. The zero-order chi connectivity index (χ0) is 31.1. The van der Waals surface area contributed by atoms with E-state index in [0.29, 0.717) is 30.8 Å². The fourth-order valence-electron chi connectivity index (χ4n) is 5.86. The van der Waals surface area contributed by atoms with Crippen molar-refractivity contribution in [1.29, 1.82) is 0 Å². The van der Waals surface area contributed by atoms with Crippen molar-refractivity contribution >= 4 is 39.5 Å². The quantitative estimate of drug-likeness (QED) is 0.228. The molecule has 1 saturated heterocycles. The Hall–Kier alpha value is -4.05. The summed E-state index contributed by atoms with van der Waals surface area (Å²) in [5.41, 5.74) is 3.25. The molecule has 5 rings (SSSR count). The standard InChI is InChI=1S/C35H40N4O4S/c1-37(2)25-27-16-14-26(15-17-27)22-32(35(41)38-20-8-9-21-38)36-34(40)24-33(29-11-4-3-5-12-29)39(44(42)43)31-19-18-28-10-6-7-13-30(28)23-31/h3-7,10-19,23,32-33H,8-9,20-22,24-25H2,1-2H3,(H,36,40)(H,42,43)/p-1. The maximum absolute atomic E-state index is 13.8. The van der Waals surface area contributed by atoms with Gasteiger partial charge in [-0.1, -0.05) is 84.9 Å². The van der Waals surface area contributed by atoms with E-state index in [2.05, 4.69) is 10.2 Å². The lowest BCUT2D eigenvalue weighted by Gasteiger charge is -2.35. The number of amides is 2. The van der Waals surface area contributed by atoms with E-state index in [1.54, 1.807) is 6.07 Å². The average Bonchev–Trinajstić information content (AvgIpc) is 3.56. The summed E-state index contributed by atoms with van der Waals surface area (Å²) in [6.07, 6.45) is 2.08. The summed E-state index contributed by atoms with van der Waals surface area (Å²) in [6.45, 7) is 2.15. The van der Waals surface area contributed by atoms with E-state index in [9.17, 15) is 18.4 Å². The molecule has 9 heteroatoms. The molecular formula is C35H39N4O4S-. The first-order valence-corrected chi connectivity index (χ1v) is 16.0. The van der Waals surface area contributed by atoms with Gasteiger partial charge in [0.15, 0.2) is 0 Å². The van der Waals surface area contributed by atoms with Crippen LogP contribution in [0, 0.1) is 0 Å². The van der Waals surface area contributed by atoms with Crippen LogP contribution in [0.15, 0.2) is 97.1 Å². The summed E-state index contributed by atoms with van der Waals surface area (Å²) in [4.78, 5) is 31.3. The number of hydrogen-bond acceptors (Lipinski definition) is 5. The molecule has 1 heterocycles. The van der Waals surface area contributed by atoms with Crippen molar-refractivity contribution in [3.05, 3.63) is 114 Å². The van der Waals surface area contributed by atoms with Crippen molar-refractivity contribution in [3.63, 3.8) is 0 Å². The Balaban J connectivity index is 1.41. The second-order valence-corrected chi connectivity index (χ2v) is 12.4. The number of hydrogen-bond donors (Lipinski definition) is 1. The molecule has 1 aliphatic heterocycles. The monoisotopic (exact) mass is 611 g/mol. The number of fused-ring (bicyclic) bond motifs is 1. The normalized spacial score (nSPS) is 15.2.